The predicted molar refractivity (Wildman–Crippen MR) is 109 cm³/mol. The second kappa shape index (κ2) is 13.3. The van der Waals surface area contributed by atoms with E-state index in [0.717, 1.165) is 0 Å². The van der Waals surface area contributed by atoms with Crippen LogP contribution in [0.15, 0.2) is 4.99 Å². The van der Waals surface area contributed by atoms with Gasteiger partial charge in [-0.25, -0.2) is 0 Å². The number of carboxylic acid groups (broad SMARTS) is 1. The Labute approximate surface area is 174 Å². The number of aliphatic carboxylic acids is 1. The number of aliphatic hydroxyl groups excluding tert-OH is 1. The average Bonchev–Trinajstić information content (AvgIpc) is 2.64. The van der Waals surface area contributed by atoms with Gasteiger partial charge in [0.05, 0.1) is 6.10 Å². The van der Waals surface area contributed by atoms with Crippen molar-refractivity contribution in [2.24, 2.45) is 28.1 Å². The minimum atomic E-state index is -1.25. The maximum Gasteiger partial charge on any atom is 0.322 e. The first-order valence-corrected chi connectivity index (χ1v) is 9.46. The van der Waals surface area contributed by atoms with E-state index in [2.05, 4.69) is 20.9 Å². The van der Waals surface area contributed by atoms with E-state index >= 15 is 0 Å². The summed E-state index contributed by atoms with van der Waals surface area (Å²) in [4.78, 5) is 51.6. The van der Waals surface area contributed by atoms with Gasteiger partial charge < -0.3 is 43.4 Å². The number of carboxylic acids is 1. The molecule has 0 aromatic heterocycles. The van der Waals surface area contributed by atoms with Crippen LogP contribution >= 0.6 is 0 Å². The van der Waals surface area contributed by atoms with Crippen molar-refractivity contribution in [1.82, 2.24) is 16.0 Å². The van der Waals surface area contributed by atoms with E-state index in [0.29, 0.717) is 6.42 Å². The van der Waals surface area contributed by atoms with Crippen LogP contribution in [0.3, 0.4) is 0 Å². The molecule has 0 spiro atoms. The quantitative estimate of drug-likeness (QED) is 0.0821. The molecule has 0 aliphatic rings. The van der Waals surface area contributed by atoms with Gasteiger partial charge in [0.2, 0.25) is 17.7 Å². The summed E-state index contributed by atoms with van der Waals surface area (Å²) in [6.07, 6.45) is -0.680. The molecule has 0 saturated carbocycles. The molecule has 0 fully saturated rings. The van der Waals surface area contributed by atoms with E-state index in [1.165, 1.54) is 6.92 Å². The predicted octanol–water partition coefficient (Wildman–Crippen LogP) is -3.43. The molecule has 30 heavy (non-hydrogen) atoms. The van der Waals surface area contributed by atoms with E-state index in [-0.39, 0.29) is 24.8 Å². The van der Waals surface area contributed by atoms with E-state index in [1.807, 2.05) is 0 Å². The topological polar surface area (TPSA) is 235 Å². The second-order valence-electron chi connectivity index (χ2n) is 7.12. The fourth-order valence-corrected chi connectivity index (χ4v) is 2.32. The number of nitrogens with two attached hydrogens (primary N) is 3. The summed E-state index contributed by atoms with van der Waals surface area (Å²) < 4.78 is 0. The smallest absolute Gasteiger partial charge is 0.322 e. The summed E-state index contributed by atoms with van der Waals surface area (Å²) in [5, 5.41) is 25.3. The number of carbonyl (C=O) groups excluding carboxylic acids is 3. The first kappa shape index (κ1) is 27.1. The monoisotopic (exact) mass is 431 g/mol. The van der Waals surface area contributed by atoms with Gasteiger partial charge in [0.1, 0.15) is 24.7 Å². The normalized spacial score (nSPS) is 14.7. The van der Waals surface area contributed by atoms with Gasteiger partial charge in [-0.2, -0.15) is 0 Å². The van der Waals surface area contributed by atoms with Crippen LogP contribution in [0.25, 0.3) is 0 Å². The number of hydrogen-bond acceptors (Lipinski definition) is 7. The third-order valence-corrected chi connectivity index (χ3v) is 4.06. The molecular formula is C17H33N7O6. The van der Waals surface area contributed by atoms with Crippen LogP contribution in [0.4, 0.5) is 0 Å². The molecule has 4 atom stereocenters. The highest BCUT2D eigenvalue weighted by Gasteiger charge is 2.30. The van der Waals surface area contributed by atoms with Gasteiger partial charge in [-0.15, -0.1) is 0 Å². The number of aliphatic hydroxyl groups is 1. The van der Waals surface area contributed by atoms with Crippen molar-refractivity contribution in [1.29, 1.82) is 0 Å². The molecule has 0 radical (unpaired) electrons. The van der Waals surface area contributed by atoms with Crippen LogP contribution in [-0.4, -0.2) is 77.2 Å². The van der Waals surface area contributed by atoms with Gasteiger partial charge >= 0.3 is 5.97 Å². The molecule has 0 heterocycles. The Balaban J connectivity index is 5.28. The van der Waals surface area contributed by atoms with Crippen LogP contribution in [0.2, 0.25) is 0 Å². The Morgan fingerprint density at radius 2 is 1.60 bits per heavy atom. The zero-order valence-electron chi connectivity index (χ0n) is 17.4. The van der Waals surface area contributed by atoms with Gasteiger partial charge in [-0.05, 0) is 25.7 Å². The third kappa shape index (κ3) is 10.6. The van der Waals surface area contributed by atoms with E-state index in [4.69, 9.17) is 22.3 Å². The number of amides is 3. The summed E-state index contributed by atoms with van der Waals surface area (Å²) in [5.41, 5.74) is 16.1. The molecule has 4 unspecified atom stereocenters. The van der Waals surface area contributed by atoms with Crippen molar-refractivity contribution < 1.29 is 29.4 Å². The molecule has 0 aliphatic carbocycles. The van der Waals surface area contributed by atoms with Crippen molar-refractivity contribution in [2.45, 2.75) is 57.8 Å². The van der Waals surface area contributed by atoms with Gasteiger partial charge in [-0.1, -0.05) is 13.8 Å². The Kier molecular flexibility index (Phi) is 12.0. The number of carbonyl (C=O) groups is 4. The van der Waals surface area contributed by atoms with Crippen LogP contribution in [0.5, 0.6) is 0 Å². The maximum absolute atomic E-state index is 12.7. The van der Waals surface area contributed by atoms with Gasteiger partial charge in [0.25, 0.3) is 0 Å². The van der Waals surface area contributed by atoms with Gasteiger partial charge in [0, 0.05) is 6.54 Å². The number of nitrogens with zero attached hydrogens (tertiary/aromatic N) is 1. The summed E-state index contributed by atoms with van der Waals surface area (Å²) in [6, 6.07) is -3.36. The molecule has 13 heteroatoms. The minimum absolute atomic E-state index is 0.119. The van der Waals surface area contributed by atoms with Crippen molar-refractivity contribution in [2.75, 3.05) is 13.1 Å². The number of aliphatic imine (C=N–C) groups is 1. The van der Waals surface area contributed by atoms with Crippen molar-refractivity contribution in [3.8, 4) is 0 Å². The SMILES string of the molecule is CC(C)C(NC(=O)C(CCCN=C(N)N)NC(=O)C(N)C(C)O)C(=O)NCC(=O)O. The lowest BCUT2D eigenvalue weighted by Gasteiger charge is -2.26. The molecule has 13 nitrogen and oxygen atoms in total. The first-order valence-electron chi connectivity index (χ1n) is 9.46. The highest BCUT2D eigenvalue weighted by Crippen LogP contribution is 2.06. The number of rotatable bonds is 13. The molecule has 0 aromatic rings. The van der Waals surface area contributed by atoms with Crippen LogP contribution < -0.4 is 33.2 Å². The average molecular weight is 431 g/mol. The Hall–Kier alpha value is -2.93. The summed E-state index contributed by atoms with van der Waals surface area (Å²) in [7, 11) is 0. The Morgan fingerprint density at radius 1 is 1.00 bits per heavy atom. The summed E-state index contributed by atoms with van der Waals surface area (Å²) >= 11 is 0. The molecule has 0 rings (SSSR count). The third-order valence-electron chi connectivity index (χ3n) is 4.06. The van der Waals surface area contributed by atoms with E-state index in [1.54, 1.807) is 13.8 Å². The zero-order chi connectivity index (χ0) is 23.4. The Bertz CT molecular complexity index is 634. The van der Waals surface area contributed by atoms with E-state index in [9.17, 15) is 24.3 Å². The van der Waals surface area contributed by atoms with E-state index < -0.39 is 54.5 Å². The Morgan fingerprint density at radius 3 is 2.07 bits per heavy atom. The fraction of sp³-hybridized carbons (Fsp3) is 0.706. The fourth-order valence-electron chi connectivity index (χ4n) is 2.32. The highest BCUT2D eigenvalue weighted by atomic mass is 16.4. The van der Waals surface area contributed by atoms with Gasteiger partial charge in [0.15, 0.2) is 5.96 Å². The molecule has 0 aromatic carbocycles. The minimum Gasteiger partial charge on any atom is -0.480 e. The lowest BCUT2D eigenvalue weighted by Crippen LogP contribution is -2.58. The van der Waals surface area contributed by atoms with Crippen molar-refractivity contribution in [3.05, 3.63) is 0 Å². The lowest BCUT2D eigenvalue weighted by atomic mass is 10.0. The molecule has 11 N–H and O–H groups in total. The van der Waals surface area contributed by atoms with Crippen LogP contribution in [-0.2, 0) is 19.2 Å². The van der Waals surface area contributed by atoms with Crippen molar-refractivity contribution in [3.63, 3.8) is 0 Å². The first-order chi connectivity index (χ1) is 13.9. The van der Waals surface area contributed by atoms with Crippen molar-refractivity contribution >= 4 is 29.7 Å². The number of guanidine groups is 1. The molecule has 172 valence electrons. The molecule has 0 saturated heterocycles. The highest BCUT2D eigenvalue weighted by molar-refractivity contribution is 5.93. The lowest BCUT2D eigenvalue weighted by molar-refractivity contribution is -0.139. The maximum atomic E-state index is 12.7. The largest absolute Gasteiger partial charge is 0.480 e. The number of hydrogen-bond donors (Lipinski definition) is 8. The zero-order valence-corrected chi connectivity index (χ0v) is 17.4. The molecule has 3 amide bonds. The summed E-state index contributed by atoms with van der Waals surface area (Å²) in [6.45, 7) is 4.28. The summed E-state index contributed by atoms with van der Waals surface area (Å²) in [5.74, 6) is -3.80. The second-order valence-corrected chi connectivity index (χ2v) is 7.12. The van der Waals surface area contributed by atoms with Crippen LogP contribution in [0.1, 0.15) is 33.6 Å². The van der Waals surface area contributed by atoms with Crippen LogP contribution in [0, 0.1) is 5.92 Å². The molecule has 0 bridgehead atoms. The number of nitrogens with one attached hydrogen (secondary N) is 3. The molecule has 0 aliphatic heterocycles. The standard InChI is InChI=1S/C17H33N7O6/c1-8(2)13(16(30)22-7-11(26)27)24-14(28)10(5-4-6-21-17(19)20)23-15(29)12(18)9(3)25/h8-10,12-13,25H,4-7,18H2,1-3H3,(H,22,30)(H,23,29)(H,24,28)(H,26,27)(H4,19,20,21). The van der Waals surface area contributed by atoms with Gasteiger partial charge in [-0.3, -0.25) is 24.2 Å². The molecular weight excluding hydrogens is 398 g/mol.